The van der Waals surface area contributed by atoms with E-state index < -0.39 is 6.10 Å². The van der Waals surface area contributed by atoms with Crippen LogP contribution in [0.4, 0.5) is 0 Å². The lowest BCUT2D eigenvalue weighted by atomic mass is 10.1. The summed E-state index contributed by atoms with van der Waals surface area (Å²) in [5.41, 5.74) is 2.07. The minimum absolute atomic E-state index is 0.512. The fraction of sp³-hybridized carbons (Fsp3) is 0.286. The number of hydrogen-bond donors (Lipinski definition) is 1. The zero-order chi connectivity index (χ0) is 13.0. The molecule has 1 N–H and O–H groups in total. The van der Waals surface area contributed by atoms with E-state index in [1.807, 2.05) is 6.07 Å². The largest absolute Gasteiger partial charge is 0.492 e. The van der Waals surface area contributed by atoms with E-state index in [9.17, 15) is 5.11 Å². The third kappa shape index (κ3) is 3.48. The molecule has 1 aromatic carbocycles. The second-order valence-electron chi connectivity index (χ2n) is 4.10. The SMILES string of the molecule is C[C@@H](O)c1ccc(OCCc2ccsc2)c(Cl)c1. The quantitative estimate of drug-likeness (QED) is 0.895. The molecule has 1 aromatic heterocycles. The van der Waals surface area contributed by atoms with Crippen LogP contribution in [0.5, 0.6) is 5.75 Å². The normalized spacial score (nSPS) is 12.4. The molecule has 0 spiro atoms. The Hall–Kier alpha value is -1.03. The lowest BCUT2D eigenvalue weighted by Crippen LogP contribution is -2.01. The highest BCUT2D eigenvalue weighted by molar-refractivity contribution is 7.07. The molecule has 4 heteroatoms. The van der Waals surface area contributed by atoms with Gasteiger partial charge in [-0.1, -0.05) is 17.7 Å². The van der Waals surface area contributed by atoms with Crippen LogP contribution < -0.4 is 4.74 Å². The summed E-state index contributed by atoms with van der Waals surface area (Å²) in [5.74, 6) is 0.663. The molecule has 0 radical (unpaired) electrons. The maximum absolute atomic E-state index is 9.44. The molecular weight excluding hydrogens is 268 g/mol. The van der Waals surface area contributed by atoms with Gasteiger partial charge in [-0.15, -0.1) is 0 Å². The molecule has 0 saturated heterocycles. The Morgan fingerprint density at radius 3 is 2.83 bits per heavy atom. The third-order valence-corrected chi connectivity index (χ3v) is 3.69. The lowest BCUT2D eigenvalue weighted by molar-refractivity contribution is 0.199. The molecule has 2 rings (SSSR count). The van der Waals surface area contributed by atoms with Gasteiger partial charge >= 0.3 is 0 Å². The average Bonchev–Trinajstić information content (AvgIpc) is 2.84. The molecular formula is C14H15ClO2S. The molecule has 2 aromatic rings. The van der Waals surface area contributed by atoms with Crippen LogP contribution in [0, 0.1) is 0 Å². The van der Waals surface area contributed by atoms with Crippen molar-refractivity contribution in [3.63, 3.8) is 0 Å². The third-order valence-electron chi connectivity index (χ3n) is 2.67. The van der Waals surface area contributed by atoms with Gasteiger partial charge in [-0.25, -0.2) is 0 Å². The highest BCUT2D eigenvalue weighted by atomic mass is 35.5. The van der Waals surface area contributed by atoms with E-state index in [1.165, 1.54) is 5.56 Å². The van der Waals surface area contributed by atoms with Gasteiger partial charge in [0.05, 0.1) is 17.7 Å². The Bertz CT molecular complexity index is 495. The first-order chi connectivity index (χ1) is 8.66. The smallest absolute Gasteiger partial charge is 0.137 e. The fourth-order valence-corrected chi connectivity index (χ4v) is 2.55. The molecule has 0 saturated carbocycles. The first kappa shape index (κ1) is 13.4. The van der Waals surface area contributed by atoms with Crippen molar-refractivity contribution in [1.82, 2.24) is 0 Å². The van der Waals surface area contributed by atoms with Gasteiger partial charge in [0.1, 0.15) is 5.75 Å². The summed E-state index contributed by atoms with van der Waals surface area (Å²) in [4.78, 5) is 0. The second kappa shape index (κ2) is 6.23. The molecule has 0 amide bonds. The molecule has 0 aliphatic carbocycles. The Balaban J connectivity index is 1.93. The zero-order valence-corrected chi connectivity index (χ0v) is 11.7. The van der Waals surface area contributed by atoms with Crippen molar-refractivity contribution < 1.29 is 9.84 Å². The summed E-state index contributed by atoms with van der Waals surface area (Å²) in [6.45, 7) is 2.31. The molecule has 1 heterocycles. The molecule has 0 fully saturated rings. The Labute approximate surface area is 116 Å². The maximum Gasteiger partial charge on any atom is 0.137 e. The predicted molar refractivity (Wildman–Crippen MR) is 75.6 cm³/mol. The number of hydrogen-bond acceptors (Lipinski definition) is 3. The van der Waals surface area contributed by atoms with Crippen molar-refractivity contribution in [2.75, 3.05) is 6.61 Å². The highest BCUT2D eigenvalue weighted by Gasteiger charge is 2.06. The Morgan fingerprint density at radius 1 is 1.39 bits per heavy atom. The molecule has 1 atom stereocenters. The van der Waals surface area contributed by atoms with E-state index in [0.29, 0.717) is 17.4 Å². The van der Waals surface area contributed by atoms with Crippen LogP contribution >= 0.6 is 22.9 Å². The average molecular weight is 283 g/mol. The van der Waals surface area contributed by atoms with Gasteiger partial charge in [-0.05, 0) is 47.0 Å². The molecule has 0 aliphatic rings. The number of ether oxygens (including phenoxy) is 1. The number of thiophene rings is 1. The first-order valence-corrected chi connectivity index (χ1v) is 7.10. The summed E-state index contributed by atoms with van der Waals surface area (Å²) >= 11 is 7.78. The van der Waals surface area contributed by atoms with E-state index >= 15 is 0 Å². The van der Waals surface area contributed by atoms with Gasteiger partial charge in [-0.3, -0.25) is 0 Å². The maximum atomic E-state index is 9.44. The summed E-state index contributed by atoms with van der Waals surface area (Å²) < 4.78 is 5.64. The van der Waals surface area contributed by atoms with E-state index in [4.69, 9.17) is 16.3 Å². The van der Waals surface area contributed by atoms with E-state index in [-0.39, 0.29) is 0 Å². The lowest BCUT2D eigenvalue weighted by Gasteiger charge is -2.10. The van der Waals surface area contributed by atoms with Gasteiger partial charge < -0.3 is 9.84 Å². The van der Waals surface area contributed by atoms with Crippen molar-refractivity contribution in [1.29, 1.82) is 0 Å². The molecule has 96 valence electrons. The van der Waals surface area contributed by atoms with Crippen LogP contribution in [0.3, 0.4) is 0 Å². The topological polar surface area (TPSA) is 29.5 Å². The van der Waals surface area contributed by atoms with E-state index in [0.717, 1.165) is 12.0 Å². The highest BCUT2D eigenvalue weighted by Crippen LogP contribution is 2.28. The number of aliphatic hydroxyl groups excluding tert-OH is 1. The predicted octanol–water partition coefficient (Wildman–Crippen LogP) is 4.08. The van der Waals surface area contributed by atoms with Gasteiger partial charge in [0.15, 0.2) is 0 Å². The summed E-state index contributed by atoms with van der Waals surface area (Å²) in [6, 6.07) is 7.47. The molecule has 2 nitrogen and oxygen atoms in total. The minimum atomic E-state index is -0.512. The van der Waals surface area contributed by atoms with Crippen molar-refractivity contribution in [3.8, 4) is 5.75 Å². The van der Waals surface area contributed by atoms with Crippen LogP contribution in [0.25, 0.3) is 0 Å². The van der Waals surface area contributed by atoms with Crippen LogP contribution in [-0.4, -0.2) is 11.7 Å². The standard InChI is InChI=1S/C14H15ClO2S/c1-10(16)12-2-3-14(13(15)8-12)17-6-4-11-5-7-18-9-11/h2-3,5,7-10,16H,4,6H2,1H3/t10-/m1/s1. The summed E-state index contributed by atoms with van der Waals surface area (Å²) in [6.07, 6.45) is 0.361. The Kier molecular flexibility index (Phi) is 4.64. The summed E-state index contributed by atoms with van der Waals surface area (Å²) in [7, 11) is 0. The summed E-state index contributed by atoms with van der Waals surface area (Å²) in [5, 5.41) is 14.2. The van der Waals surface area contributed by atoms with Gasteiger partial charge in [0.25, 0.3) is 0 Å². The molecule has 0 bridgehead atoms. The van der Waals surface area contributed by atoms with Crippen LogP contribution in [0.15, 0.2) is 35.0 Å². The molecule has 18 heavy (non-hydrogen) atoms. The van der Waals surface area contributed by atoms with Crippen LogP contribution in [0.1, 0.15) is 24.2 Å². The van der Waals surface area contributed by atoms with Crippen molar-refractivity contribution in [2.24, 2.45) is 0 Å². The number of rotatable bonds is 5. The zero-order valence-electron chi connectivity index (χ0n) is 10.1. The Morgan fingerprint density at radius 2 is 2.22 bits per heavy atom. The number of halogens is 1. The van der Waals surface area contributed by atoms with E-state index in [1.54, 1.807) is 30.4 Å². The van der Waals surface area contributed by atoms with Crippen molar-refractivity contribution in [3.05, 3.63) is 51.2 Å². The van der Waals surface area contributed by atoms with Crippen LogP contribution in [0.2, 0.25) is 5.02 Å². The van der Waals surface area contributed by atoms with Crippen molar-refractivity contribution in [2.45, 2.75) is 19.4 Å². The first-order valence-electron chi connectivity index (χ1n) is 5.78. The molecule has 0 aliphatic heterocycles. The van der Waals surface area contributed by atoms with Crippen LogP contribution in [-0.2, 0) is 6.42 Å². The fourth-order valence-electron chi connectivity index (χ4n) is 1.61. The number of benzene rings is 1. The van der Waals surface area contributed by atoms with Gasteiger partial charge in [0, 0.05) is 6.42 Å². The monoisotopic (exact) mass is 282 g/mol. The van der Waals surface area contributed by atoms with Crippen molar-refractivity contribution >= 4 is 22.9 Å². The number of aliphatic hydroxyl groups is 1. The second-order valence-corrected chi connectivity index (χ2v) is 5.28. The van der Waals surface area contributed by atoms with Gasteiger partial charge in [-0.2, -0.15) is 11.3 Å². The van der Waals surface area contributed by atoms with E-state index in [2.05, 4.69) is 16.8 Å². The minimum Gasteiger partial charge on any atom is -0.492 e. The molecule has 0 unspecified atom stereocenters. The van der Waals surface area contributed by atoms with Gasteiger partial charge in [0.2, 0.25) is 0 Å².